The molecule has 0 aromatic rings. The van der Waals surface area contributed by atoms with Gasteiger partial charge in [0, 0.05) is 58.8 Å². The van der Waals surface area contributed by atoms with Crippen molar-refractivity contribution in [3.05, 3.63) is 24.3 Å². The molecule has 0 aromatic carbocycles. The predicted octanol–water partition coefficient (Wildman–Crippen LogP) is 6.04. The van der Waals surface area contributed by atoms with E-state index in [-0.39, 0.29) is 21.7 Å². The highest BCUT2D eigenvalue weighted by Gasteiger charge is 2.70. The van der Waals surface area contributed by atoms with E-state index in [0.717, 1.165) is 84.5 Å². The second kappa shape index (κ2) is 11.9. The molecule has 0 radical (unpaired) electrons. The van der Waals surface area contributed by atoms with Crippen molar-refractivity contribution in [2.45, 2.75) is 98.8 Å². The van der Waals surface area contributed by atoms with Crippen molar-refractivity contribution >= 4 is 11.8 Å². The molecule has 4 saturated carbocycles. The first-order valence-corrected chi connectivity index (χ1v) is 18.2. The first kappa shape index (κ1) is 32.3. The van der Waals surface area contributed by atoms with Crippen molar-refractivity contribution in [2.75, 3.05) is 52.4 Å². The van der Waals surface area contributed by atoms with Crippen molar-refractivity contribution in [2.24, 2.45) is 51.2 Å². The second-order valence-corrected chi connectivity index (χ2v) is 16.9. The SMILES string of the molecule is C=C(C)[C@@H]1CC[C@]2(C(=O)N3CCNCC3)CC[C@]3(C)[C@H](CC[C@@H]4[C@@](C)(CCC(=O)N5CCNCC5)[C@H](C(=C)C)CC[C@]43C)[C@@H]12. The third-order valence-corrected chi connectivity index (χ3v) is 15.1. The molecule has 0 bridgehead atoms. The number of piperazine rings is 2. The van der Waals surface area contributed by atoms with Crippen LogP contribution in [0.2, 0.25) is 0 Å². The first-order valence-electron chi connectivity index (χ1n) is 18.2. The van der Waals surface area contributed by atoms with Crippen LogP contribution < -0.4 is 10.6 Å². The highest BCUT2D eigenvalue weighted by Crippen LogP contribution is 2.76. The van der Waals surface area contributed by atoms with Gasteiger partial charge in [0.15, 0.2) is 0 Å². The highest BCUT2D eigenvalue weighted by atomic mass is 16.2. The number of fused-ring (bicyclic) bond motifs is 5. The molecule has 4 aliphatic carbocycles. The Balaban J connectivity index is 1.32. The minimum Gasteiger partial charge on any atom is -0.340 e. The van der Waals surface area contributed by atoms with Crippen LogP contribution in [0.1, 0.15) is 98.8 Å². The normalized spacial score (nSPS) is 43.9. The number of carbonyl (C=O) groups excluding carboxylic acids is 2. The number of amides is 2. The summed E-state index contributed by atoms with van der Waals surface area (Å²) < 4.78 is 0. The van der Waals surface area contributed by atoms with Gasteiger partial charge in [0.05, 0.1) is 5.41 Å². The van der Waals surface area contributed by atoms with Gasteiger partial charge < -0.3 is 20.4 Å². The van der Waals surface area contributed by atoms with Crippen LogP contribution in [0.4, 0.5) is 0 Å². The lowest BCUT2D eigenvalue weighted by Crippen LogP contribution is -2.65. The minimum absolute atomic E-state index is 0.0606. The standard InChI is InChI=1S/C38H62N4O2/c1-26(2)28-10-15-38(34(44)42-24-20-40-21-25-42)17-16-36(6)30(33(28)38)8-9-31-35(5,29(27(3)4)11-14-37(31,36)7)13-12-32(43)41-22-18-39-19-23-41/h28-31,33,39-40H,1,3,8-25H2,2,4-7H3/t28-,29-,30+,31+,33+,35-,36+,37+,38-/m0/s1. The maximum atomic E-state index is 14.6. The number of nitrogens with one attached hydrogen (secondary N) is 2. The Bertz CT molecular complexity index is 1160. The molecule has 2 saturated heterocycles. The molecule has 2 N–H and O–H groups in total. The van der Waals surface area contributed by atoms with Gasteiger partial charge in [0.1, 0.15) is 0 Å². The summed E-state index contributed by atoms with van der Waals surface area (Å²) in [5, 5.41) is 6.85. The zero-order valence-electron chi connectivity index (χ0n) is 28.7. The molecule has 0 aromatic heterocycles. The van der Waals surface area contributed by atoms with E-state index in [2.05, 4.69) is 68.2 Å². The molecular weight excluding hydrogens is 544 g/mol. The molecule has 2 aliphatic heterocycles. The molecule has 2 amide bonds. The van der Waals surface area contributed by atoms with Crippen LogP contribution in [-0.4, -0.2) is 74.0 Å². The van der Waals surface area contributed by atoms with Crippen LogP contribution in [-0.2, 0) is 9.59 Å². The van der Waals surface area contributed by atoms with Gasteiger partial charge >= 0.3 is 0 Å². The number of nitrogens with zero attached hydrogens (tertiary/aromatic N) is 2. The van der Waals surface area contributed by atoms with Gasteiger partial charge in [0.25, 0.3) is 0 Å². The smallest absolute Gasteiger partial charge is 0.229 e. The van der Waals surface area contributed by atoms with Crippen LogP contribution in [0.3, 0.4) is 0 Å². The van der Waals surface area contributed by atoms with Crippen molar-refractivity contribution in [3.8, 4) is 0 Å². The van der Waals surface area contributed by atoms with Crippen LogP contribution >= 0.6 is 0 Å². The summed E-state index contributed by atoms with van der Waals surface area (Å²) >= 11 is 0. The van der Waals surface area contributed by atoms with Gasteiger partial charge in [0.2, 0.25) is 11.8 Å². The number of carbonyl (C=O) groups is 2. The molecule has 44 heavy (non-hydrogen) atoms. The molecule has 6 aliphatic rings. The number of rotatable bonds is 6. The summed E-state index contributed by atoms with van der Waals surface area (Å²) in [6, 6.07) is 0. The molecule has 0 spiro atoms. The first-order chi connectivity index (χ1) is 20.9. The molecule has 0 unspecified atom stereocenters. The Morgan fingerprint density at radius 1 is 0.750 bits per heavy atom. The van der Waals surface area contributed by atoms with Gasteiger partial charge in [-0.25, -0.2) is 0 Å². The zero-order chi connectivity index (χ0) is 31.5. The Morgan fingerprint density at radius 3 is 2.00 bits per heavy atom. The molecular formula is C38H62N4O2. The summed E-state index contributed by atoms with van der Waals surface area (Å²) in [5.74, 6) is 3.21. The fourth-order valence-electron chi connectivity index (χ4n) is 12.7. The Hall–Kier alpha value is -1.66. The third kappa shape index (κ3) is 4.86. The van der Waals surface area contributed by atoms with Crippen molar-refractivity contribution in [1.29, 1.82) is 0 Å². The van der Waals surface area contributed by atoms with E-state index in [4.69, 9.17) is 0 Å². The minimum atomic E-state index is -0.220. The lowest BCUT2D eigenvalue weighted by molar-refractivity contribution is -0.218. The molecule has 9 atom stereocenters. The summed E-state index contributed by atoms with van der Waals surface area (Å²) in [7, 11) is 0. The maximum absolute atomic E-state index is 14.6. The maximum Gasteiger partial charge on any atom is 0.229 e. The van der Waals surface area contributed by atoms with E-state index < -0.39 is 0 Å². The van der Waals surface area contributed by atoms with Gasteiger partial charge in [-0.1, -0.05) is 45.1 Å². The topological polar surface area (TPSA) is 64.7 Å². The van der Waals surface area contributed by atoms with E-state index in [1.54, 1.807) is 0 Å². The summed E-state index contributed by atoms with van der Waals surface area (Å²) in [6.07, 6.45) is 10.7. The van der Waals surface area contributed by atoms with Crippen molar-refractivity contribution < 1.29 is 9.59 Å². The lowest BCUT2D eigenvalue weighted by Gasteiger charge is -2.71. The summed E-state index contributed by atoms with van der Waals surface area (Å²) in [6.45, 7) is 28.4. The molecule has 6 fully saturated rings. The third-order valence-electron chi connectivity index (χ3n) is 15.1. The monoisotopic (exact) mass is 606 g/mol. The fourth-order valence-corrected chi connectivity index (χ4v) is 12.7. The summed E-state index contributed by atoms with van der Waals surface area (Å²) in [4.78, 5) is 32.4. The fraction of sp³-hybridized carbons (Fsp3) is 0.842. The highest BCUT2D eigenvalue weighted by molar-refractivity contribution is 5.84. The summed E-state index contributed by atoms with van der Waals surface area (Å²) in [5.41, 5.74) is 2.80. The van der Waals surface area contributed by atoms with Crippen LogP contribution in [0.15, 0.2) is 24.3 Å². The largest absolute Gasteiger partial charge is 0.340 e. The van der Waals surface area contributed by atoms with E-state index in [1.807, 2.05) is 0 Å². The Labute approximate surface area is 268 Å². The van der Waals surface area contributed by atoms with E-state index >= 15 is 0 Å². The van der Waals surface area contributed by atoms with Crippen LogP contribution in [0.25, 0.3) is 0 Å². The average Bonchev–Trinajstić information content (AvgIpc) is 3.42. The molecule has 6 rings (SSSR count). The van der Waals surface area contributed by atoms with Gasteiger partial charge in [-0.15, -0.1) is 0 Å². The Morgan fingerprint density at radius 2 is 1.39 bits per heavy atom. The number of hydrogen-bond acceptors (Lipinski definition) is 4. The van der Waals surface area contributed by atoms with Gasteiger partial charge in [-0.2, -0.15) is 0 Å². The number of hydrogen-bond donors (Lipinski definition) is 2. The molecule has 6 nitrogen and oxygen atoms in total. The number of allylic oxidation sites excluding steroid dienone is 2. The zero-order valence-corrected chi connectivity index (χ0v) is 28.7. The van der Waals surface area contributed by atoms with E-state index in [0.29, 0.717) is 47.8 Å². The Kier molecular flexibility index (Phi) is 8.70. The predicted molar refractivity (Wildman–Crippen MR) is 179 cm³/mol. The van der Waals surface area contributed by atoms with Gasteiger partial charge in [-0.3, -0.25) is 9.59 Å². The molecule has 6 heteroatoms. The van der Waals surface area contributed by atoms with Crippen LogP contribution in [0.5, 0.6) is 0 Å². The van der Waals surface area contributed by atoms with E-state index in [9.17, 15) is 9.59 Å². The average molecular weight is 607 g/mol. The van der Waals surface area contributed by atoms with Crippen molar-refractivity contribution in [1.82, 2.24) is 20.4 Å². The lowest BCUT2D eigenvalue weighted by atomic mass is 9.34. The second-order valence-electron chi connectivity index (χ2n) is 16.9. The van der Waals surface area contributed by atoms with E-state index in [1.165, 1.54) is 36.8 Å². The molecule has 246 valence electrons. The quantitative estimate of drug-likeness (QED) is 0.362. The van der Waals surface area contributed by atoms with Gasteiger partial charge in [-0.05, 0) is 117 Å². The molecule has 2 heterocycles. The van der Waals surface area contributed by atoms with Crippen LogP contribution in [0, 0.1) is 51.2 Å². The van der Waals surface area contributed by atoms with Crippen molar-refractivity contribution in [3.63, 3.8) is 0 Å².